The summed E-state index contributed by atoms with van der Waals surface area (Å²) in [5.41, 5.74) is 3.75. The number of halogens is 1. The number of benzene rings is 2. The molecule has 0 aliphatic carbocycles. The Morgan fingerprint density at radius 3 is 2.64 bits per heavy atom. The van der Waals surface area contributed by atoms with Crippen LogP contribution in [0.2, 0.25) is 0 Å². The van der Waals surface area contributed by atoms with E-state index < -0.39 is 5.82 Å². The number of hydrogen-bond donors (Lipinski definition) is 2. The second-order valence-corrected chi connectivity index (χ2v) is 7.18. The third kappa shape index (κ3) is 5.63. The van der Waals surface area contributed by atoms with Crippen LogP contribution in [0.3, 0.4) is 0 Å². The van der Waals surface area contributed by atoms with Crippen LogP contribution in [0, 0.1) is 12.7 Å². The minimum atomic E-state index is -0.480. The van der Waals surface area contributed by atoms with Crippen LogP contribution in [0.4, 0.5) is 10.1 Å². The van der Waals surface area contributed by atoms with Crippen molar-refractivity contribution >= 4 is 17.5 Å². The molecule has 0 saturated carbocycles. The number of amides is 2. The van der Waals surface area contributed by atoms with Gasteiger partial charge in [0.2, 0.25) is 11.8 Å². The molecule has 1 aliphatic rings. The average molecular weight is 383 g/mol. The van der Waals surface area contributed by atoms with Crippen molar-refractivity contribution in [1.29, 1.82) is 0 Å². The van der Waals surface area contributed by atoms with Crippen molar-refractivity contribution < 1.29 is 14.0 Å². The van der Waals surface area contributed by atoms with Gasteiger partial charge in [-0.15, -0.1) is 0 Å². The van der Waals surface area contributed by atoms with Crippen LogP contribution in [0.5, 0.6) is 0 Å². The number of anilines is 1. The fourth-order valence-corrected chi connectivity index (χ4v) is 3.36. The lowest BCUT2D eigenvalue weighted by atomic mass is 10.00. The van der Waals surface area contributed by atoms with Crippen molar-refractivity contribution in [2.24, 2.45) is 0 Å². The van der Waals surface area contributed by atoms with Crippen LogP contribution in [0.15, 0.2) is 42.5 Å². The SMILES string of the molecule is Cc1ccc(F)c(NC(=O)CCC(=O)NCCN2CCc3ccccc3C2)c1. The molecule has 2 aromatic carbocycles. The van der Waals surface area contributed by atoms with E-state index in [-0.39, 0.29) is 30.3 Å². The summed E-state index contributed by atoms with van der Waals surface area (Å²) in [6.45, 7) is 5.03. The summed E-state index contributed by atoms with van der Waals surface area (Å²) in [6.07, 6.45) is 1.14. The molecule has 0 saturated heterocycles. The number of carbonyl (C=O) groups is 2. The highest BCUT2D eigenvalue weighted by Gasteiger charge is 2.15. The van der Waals surface area contributed by atoms with E-state index in [0.29, 0.717) is 6.54 Å². The van der Waals surface area contributed by atoms with E-state index >= 15 is 0 Å². The Labute approximate surface area is 164 Å². The molecule has 0 unspecified atom stereocenters. The van der Waals surface area contributed by atoms with Crippen LogP contribution in [-0.4, -0.2) is 36.3 Å². The van der Waals surface area contributed by atoms with Gasteiger partial charge in [0.05, 0.1) is 5.69 Å². The second kappa shape index (κ2) is 9.46. The molecule has 5 nitrogen and oxygen atoms in total. The maximum absolute atomic E-state index is 13.7. The first-order chi connectivity index (χ1) is 13.5. The number of carbonyl (C=O) groups excluding carboxylic acids is 2. The zero-order chi connectivity index (χ0) is 19.9. The van der Waals surface area contributed by atoms with Crippen molar-refractivity contribution in [1.82, 2.24) is 10.2 Å². The Hall–Kier alpha value is -2.73. The van der Waals surface area contributed by atoms with Gasteiger partial charge in [-0.1, -0.05) is 30.3 Å². The standard InChI is InChI=1S/C22H26FN3O2/c1-16-6-7-19(23)20(14-16)25-22(28)9-8-21(27)24-11-13-26-12-10-17-4-2-3-5-18(17)15-26/h2-7,14H,8-13,15H2,1H3,(H,24,27)(H,25,28). The van der Waals surface area contributed by atoms with E-state index in [0.717, 1.165) is 31.6 Å². The Kier molecular flexibility index (Phi) is 6.76. The molecule has 2 N–H and O–H groups in total. The fourth-order valence-electron chi connectivity index (χ4n) is 3.36. The molecule has 0 radical (unpaired) electrons. The third-order valence-corrected chi connectivity index (χ3v) is 4.93. The Bertz CT molecular complexity index is 853. The van der Waals surface area contributed by atoms with E-state index in [2.05, 4.69) is 39.8 Å². The molecule has 0 aromatic heterocycles. The summed E-state index contributed by atoms with van der Waals surface area (Å²) in [7, 11) is 0. The quantitative estimate of drug-likeness (QED) is 0.773. The highest BCUT2D eigenvalue weighted by Crippen LogP contribution is 2.18. The molecular weight excluding hydrogens is 357 g/mol. The molecular formula is C22H26FN3O2. The van der Waals surface area contributed by atoms with Crippen LogP contribution < -0.4 is 10.6 Å². The second-order valence-electron chi connectivity index (χ2n) is 7.18. The Morgan fingerprint density at radius 1 is 1.07 bits per heavy atom. The highest BCUT2D eigenvalue weighted by atomic mass is 19.1. The smallest absolute Gasteiger partial charge is 0.224 e. The van der Waals surface area contributed by atoms with E-state index in [1.165, 1.54) is 17.2 Å². The van der Waals surface area contributed by atoms with Gasteiger partial charge in [0.1, 0.15) is 5.82 Å². The first kappa shape index (κ1) is 20.0. The number of nitrogens with one attached hydrogen (secondary N) is 2. The molecule has 2 amide bonds. The van der Waals surface area contributed by atoms with Crippen molar-refractivity contribution in [3.05, 3.63) is 65.0 Å². The van der Waals surface area contributed by atoms with Gasteiger partial charge in [0.15, 0.2) is 0 Å². The van der Waals surface area contributed by atoms with Crippen molar-refractivity contribution in [3.63, 3.8) is 0 Å². The van der Waals surface area contributed by atoms with Gasteiger partial charge < -0.3 is 10.6 Å². The topological polar surface area (TPSA) is 61.4 Å². The first-order valence-electron chi connectivity index (χ1n) is 9.63. The number of fused-ring (bicyclic) bond motifs is 1. The third-order valence-electron chi connectivity index (χ3n) is 4.93. The summed E-state index contributed by atoms with van der Waals surface area (Å²) in [4.78, 5) is 26.2. The van der Waals surface area contributed by atoms with Gasteiger partial charge in [0, 0.05) is 39.0 Å². The predicted octanol–water partition coefficient (Wildman–Crippen LogP) is 3.03. The molecule has 148 valence electrons. The van der Waals surface area contributed by atoms with Crippen LogP contribution in [-0.2, 0) is 22.6 Å². The van der Waals surface area contributed by atoms with E-state index in [1.54, 1.807) is 12.1 Å². The van der Waals surface area contributed by atoms with Crippen molar-refractivity contribution in [2.75, 3.05) is 25.0 Å². The van der Waals surface area contributed by atoms with Crippen molar-refractivity contribution in [2.45, 2.75) is 32.7 Å². The number of rotatable bonds is 7. The van der Waals surface area contributed by atoms with Gasteiger partial charge in [-0.25, -0.2) is 4.39 Å². The summed E-state index contributed by atoms with van der Waals surface area (Å²) in [6, 6.07) is 13.0. The van der Waals surface area contributed by atoms with E-state index in [9.17, 15) is 14.0 Å². The Balaban J connectivity index is 1.35. The largest absolute Gasteiger partial charge is 0.355 e. The minimum Gasteiger partial charge on any atom is -0.355 e. The molecule has 0 atom stereocenters. The van der Waals surface area contributed by atoms with Gasteiger partial charge >= 0.3 is 0 Å². The highest BCUT2D eigenvalue weighted by molar-refractivity contribution is 5.93. The van der Waals surface area contributed by atoms with Crippen LogP contribution in [0.1, 0.15) is 29.5 Å². The zero-order valence-electron chi connectivity index (χ0n) is 16.1. The zero-order valence-corrected chi connectivity index (χ0v) is 16.1. The summed E-state index contributed by atoms with van der Waals surface area (Å²) in [5, 5.41) is 5.38. The lowest BCUT2D eigenvalue weighted by Gasteiger charge is -2.28. The lowest BCUT2D eigenvalue weighted by Crippen LogP contribution is -2.37. The normalized spacial score (nSPS) is 13.6. The van der Waals surface area contributed by atoms with Crippen molar-refractivity contribution in [3.8, 4) is 0 Å². The first-order valence-corrected chi connectivity index (χ1v) is 9.63. The number of aryl methyl sites for hydroxylation is 1. The van der Waals surface area contributed by atoms with Gasteiger partial charge in [-0.05, 0) is 42.2 Å². The minimum absolute atomic E-state index is 0.0241. The number of nitrogens with zero attached hydrogens (tertiary/aromatic N) is 1. The van der Waals surface area contributed by atoms with E-state index in [1.807, 2.05) is 6.92 Å². The van der Waals surface area contributed by atoms with Crippen LogP contribution >= 0.6 is 0 Å². The van der Waals surface area contributed by atoms with E-state index in [4.69, 9.17) is 0 Å². The molecule has 1 aliphatic heterocycles. The predicted molar refractivity (Wildman–Crippen MR) is 107 cm³/mol. The maximum Gasteiger partial charge on any atom is 0.224 e. The summed E-state index contributed by atoms with van der Waals surface area (Å²) in [5.74, 6) is -1.02. The molecule has 28 heavy (non-hydrogen) atoms. The average Bonchev–Trinajstić information content (AvgIpc) is 2.69. The molecule has 6 heteroatoms. The van der Waals surface area contributed by atoms with Gasteiger partial charge in [-0.3, -0.25) is 14.5 Å². The summed E-state index contributed by atoms with van der Waals surface area (Å²) < 4.78 is 13.7. The lowest BCUT2D eigenvalue weighted by molar-refractivity contribution is -0.124. The molecule has 2 aromatic rings. The number of hydrogen-bond acceptors (Lipinski definition) is 3. The molecule has 0 bridgehead atoms. The van der Waals surface area contributed by atoms with Crippen LogP contribution in [0.25, 0.3) is 0 Å². The van der Waals surface area contributed by atoms with Gasteiger partial charge in [0.25, 0.3) is 0 Å². The molecule has 3 rings (SSSR count). The molecule has 0 spiro atoms. The summed E-state index contributed by atoms with van der Waals surface area (Å²) >= 11 is 0. The fraction of sp³-hybridized carbons (Fsp3) is 0.364. The monoisotopic (exact) mass is 383 g/mol. The molecule has 1 heterocycles. The van der Waals surface area contributed by atoms with Gasteiger partial charge in [-0.2, -0.15) is 0 Å². The maximum atomic E-state index is 13.7. The Morgan fingerprint density at radius 2 is 1.82 bits per heavy atom. The molecule has 0 fully saturated rings.